The molecule has 0 saturated heterocycles. The van der Waals surface area contributed by atoms with E-state index in [1.165, 1.54) is 6.26 Å². The third-order valence-electron chi connectivity index (χ3n) is 2.17. The molecule has 0 radical (unpaired) electrons. The highest BCUT2D eigenvalue weighted by molar-refractivity contribution is 7.89. The number of carboxylic acids is 1. The van der Waals surface area contributed by atoms with Crippen molar-refractivity contribution in [3.05, 3.63) is 0 Å². The maximum atomic E-state index is 11.0. The van der Waals surface area contributed by atoms with Crippen LogP contribution in [0.4, 0.5) is 0 Å². The maximum Gasteiger partial charge on any atom is 0.306 e. The predicted molar refractivity (Wildman–Crippen MR) is 48.7 cm³/mol. The molecule has 0 amide bonds. The van der Waals surface area contributed by atoms with Crippen molar-refractivity contribution in [2.45, 2.75) is 25.3 Å². The van der Waals surface area contributed by atoms with Crippen LogP contribution in [0.5, 0.6) is 0 Å². The Balaban J connectivity index is 2.47. The zero-order chi connectivity index (χ0) is 10.1. The van der Waals surface area contributed by atoms with Gasteiger partial charge < -0.3 is 5.11 Å². The van der Waals surface area contributed by atoms with Gasteiger partial charge in [-0.25, -0.2) is 13.7 Å². The summed E-state index contributed by atoms with van der Waals surface area (Å²) in [6, 6.07) is -0.0731. The molecule has 3 atom stereocenters. The van der Waals surface area contributed by atoms with Crippen molar-refractivity contribution in [2.75, 3.05) is 6.26 Å². The molecular formula is C7H14N2O3S. The molecule has 0 heterocycles. The smallest absolute Gasteiger partial charge is 0.306 e. The second kappa shape index (κ2) is 3.63. The van der Waals surface area contributed by atoms with E-state index in [2.05, 4.69) is 4.72 Å². The SMILES string of the molecule is CS(=N)(=O)N[C@@H]1CC[C@H](C(=O)O)C1. The lowest BCUT2D eigenvalue weighted by molar-refractivity contribution is -0.141. The van der Waals surface area contributed by atoms with Crippen LogP contribution in [-0.2, 0) is 14.7 Å². The second-order valence-corrected chi connectivity index (χ2v) is 5.43. The van der Waals surface area contributed by atoms with Crippen molar-refractivity contribution in [1.29, 1.82) is 4.78 Å². The highest BCUT2D eigenvalue weighted by Gasteiger charge is 2.30. The number of hydrogen-bond donors (Lipinski definition) is 3. The van der Waals surface area contributed by atoms with E-state index in [0.717, 1.165) is 0 Å². The number of aliphatic carboxylic acids is 1. The van der Waals surface area contributed by atoms with Gasteiger partial charge in [0.2, 0.25) is 0 Å². The van der Waals surface area contributed by atoms with Gasteiger partial charge in [-0.3, -0.25) is 4.79 Å². The molecule has 5 nitrogen and oxygen atoms in total. The van der Waals surface area contributed by atoms with Crippen LogP contribution in [0.3, 0.4) is 0 Å². The summed E-state index contributed by atoms with van der Waals surface area (Å²) < 4.78 is 20.8. The lowest BCUT2D eigenvalue weighted by Crippen LogP contribution is -2.31. The van der Waals surface area contributed by atoms with Gasteiger partial charge >= 0.3 is 5.97 Å². The highest BCUT2D eigenvalue weighted by Crippen LogP contribution is 2.25. The largest absolute Gasteiger partial charge is 0.481 e. The third-order valence-corrected chi connectivity index (χ3v) is 2.96. The van der Waals surface area contributed by atoms with Crippen LogP contribution in [0, 0.1) is 10.7 Å². The molecule has 76 valence electrons. The van der Waals surface area contributed by atoms with E-state index in [-0.39, 0.29) is 12.0 Å². The van der Waals surface area contributed by atoms with Crippen molar-refractivity contribution in [3.63, 3.8) is 0 Å². The molecule has 3 N–H and O–H groups in total. The Kier molecular flexibility index (Phi) is 2.92. The van der Waals surface area contributed by atoms with Gasteiger partial charge in [0.25, 0.3) is 0 Å². The average molecular weight is 206 g/mol. The van der Waals surface area contributed by atoms with Crippen LogP contribution < -0.4 is 4.72 Å². The predicted octanol–water partition coefficient (Wildman–Crippen LogP) is 0.421. The summed E-state index contributed by atoms with van der Waals surface area (Å²) in [5.74, 6) is -1.13. The topological polar surface area (TPSA) is 90.3 Å². The van der Waals surface area contributed by atoms with Crippen LogP contribution in [0.25, 0.3) is 0 Å². The Morgan fingerprint density at radius 1 is 1.62 bits per heavy atom. The molecule has 13 heavy (non-hydrogen) atoms. The van der Waals surface area contributed by atoms with Gasteiger partial charge in [-0.2, -0.15) is 0 Å². The molecular weight excluding hydrogens is 192 g/mol. The van der Waals surface area contributed by atoms with Gasteiger partial charge in [-0.15, -0.1) is 0 Å². The maximum absolute atomic E-state index is 11.0. The minimum Gasteiger partial charge on any atom is -0.481 e. The molecule has 1 unspecified atom stereocenters. The van der Waals surface area contributed by atoms with E-state index in [0.29, 0.717) is 19.3 Å². The standard InChI is InChI=1S/C7H14N2O3S/c1-13(8,12)9-6-3-2-5(4-6)7(10)11/h5-6H,2-4H2,1H3,(H,10,11)(H2,8,9,12)/t5-,6+,13?/m0/s1. The molecule has 6 heteroatoms. The molecule has 1 saturated carbocycles. The molecule has 1 aliphatic carbocycles. The molecule has 0 spiro atoms. The third kappa shape index (κ3) is 3.31. The lowest BCUT2D eigenvalue weighted by atomic mass is 10.1. The molecule has 0 aliphatic heterocycles. The van der Waals surface area contributed by atoms with Gasteiger partial charge in [0.05, 0.1) is 5.92 Å². The van der Waals surface area contributed by atoms with Crippen LogP contribution in [0.15, 0.2) is 0 Å². The van der Waals surface area contributed by atoms with Crippen LogP contribution in [-0.4, -0.2) is 27.6 Å². The molecule has 1 aliphatic rings. The van der Waals surface area contributed by atoms with Crippen molar-refractivity contribution in [2.24, 2.45) is 5.92 Å². The first-order valence-corrected chi connectivity index (χ1v) is 6.09. The Bertz CT molecular complexity index is 299. The molecule has 0 aromatic heterocycles. The van der Waals surface area contributed by atoms with Crippen LogP contribution >= 0.6 is 0 Å². The van der Waals surface area contributed by atoms with Crippen LogP contribution in [0.1, 0.15) is 19.3 Å². The monoisotopic (exact) mass is 206 g/mol. The van der Waals surface area contributed by atoms with Crippen molar-refractivity contribution < 1.29 is 14.1 Å². The van der Waals surface area contributed by atoms with Crippen molar-refractivity contribution >= 4 is 15.9 Å². The van der Waals surface area contributed by atoms with E-state index >= 15 is 0 Å². The first-order chi connectivity index (χ1) is 5.88. The zero-order valence-corrected chi connectivity index (χ0v) is 8.26. The molecule has 0 aromatic carbocycles. The van der Waals surface area contributed by atoms with E-state index in [4.69, 9.17) is 9.89 Å². The zero-order valence-electron chi connectivity index (χ0n) is 7.45. The van der Waals surface area contributed by atoms with Gasteiger partial charge in [0, 0.05) is 12.3 Å². The summed E-state index contributed by atoms with van der Waals surface area (Å²) in [6.07, 6.45) is 3.10. The molecule has 0 aromatic rings. The van der Waals surface area contributed by atoms with Gasteiger partial charge in [0.1, 0.15) is 9.92 Å². The minimum atomic E-state index is -2.70. The van der Waals surface area contributed by atoms with E-state index in [1.807, 2.05) is 0 Å². The van der Waals surface area contributed by atoms with Crippen LogP contribution in [0.2, 0.25) is 0 Å². The highest BCUT2D eigenvalue weighted by atomic mass is 32.2. The summed E-state index contributed by atoms with van der Waals surface area (Å²) in [6.45, 7) is 0. The fourth-order valence-electron chi connectivity index (χ4n) is 1.63. The molecule has 1 fully saturated rings. The van der Waals surface area contributed by atoms with E-state index in [9.17, 15) is 9.00 Å². The fraction of sp³-hybridized carbons (Fsp3) is 0.857. The first kappa shape index (κ1) is 10.5. The molecule has 0 bridgehead atoms. The van der Waals surface area contributed by atoms with Crippen molar-refractivity contribution in [3.8, 4) is 0 Å². The second-order valence-electron chi connectivity index (χ2n) is 3.51. The number of hydrogen-bond acceptors (Lipinski definition) is 3. The number of rotatable bonds is 3. The molecule has 1 rings (SSSR count). The number of carbonyl (C=O) groups is 1. The summed E-state index contributed by atoms with van der Waals surface area (Å²) in [4.78, 5) is 10.6. The Morgan fingerprint density at radius 3 is 2.62 bits per heavy atom. The summed E-state index contributed by atoms with van der Waals surface area (Å²) in [5, 5.41) is 8.68. The minimum absolute atomic E-state index is 0.0731. The van der Waals surface area contributed by atoms with Gasteiger partial charge in [-0.1, -0.05) is 0 Å². The number of carboxylic acid groups (broad SMARTS) is 1. The summed E-state index contributed by atoms with van der Waals surface area (Å²) in [7, 11) is -2.70. The fourth-order valence-corrected chi connectivity index (χ4v) is 2.48. The van der Waals surface area contributed by atoms with Crippen molar-refractivity contribution in [1.82, 2.24) is 4.72 Å². The lowest BCUT2D eigenvalue weighted by Gasteiger charge is -2.11. The summed E-state index contributed by atoms with van der Waals surface area (Å²) in [5.41, 5.74) is 0. The summed E-state index contributed by atoms with van der Waals surface area (Å²) >= 11 is 0. The van der Waals surface area contributed by atoms with E-state index in [1.54, 1.807) is 0 Å². The van der Waals surface area contributed by atoms with Gasteiger partial charge in [-0.05, 0) is 19.3 Å². The normalized spacial score (nSPS) is 32.7. The van der Waals surface area contributed by atoms with E-state index < -0.39 is 15.9 Å². The first-order valence-electron chi connectivity index (χ1n) is 4.12. The Morgan fingerprint density at radius 2 is 2.23 bits per heavy atom. The Hall–Kier alpha value is -0.620. The number of nitrogens with one attached hydrogen (secondary N) is 2. The average Bonchev–Trinajstić information content (AvgIpc) is 2.31. The quantitative estimate of drug-likeness (QED) is 0.625. The van der Waals surface area contributed by atoms with Gasteiger partial charge in [0.15, 0.2) is 0 Å². The Labute approximate surface area is 77.6 Å².